The average molecular weight is 1670 g/mol. The molecule has 0 N–H and O–H groups in total. The van der Waals surface area contributed by atoms with Crippen LogP contribution in [-0.2, 0) is 116 Å². The first-order chi connectivity index (χ1) is 57.4. The highest BCUT2D eigenvalue weighted by molar-refractivity contribution is 7.99. The quantitative estimate of drug-likeness (QED) is 0.0355. The minimum atomic E-state index is -3.40. The van der Waals surface area contributed by atoms with E-state index in [0.717, 1.165) is 68.7 Å². The van der Waals surface area contributed by atoms with E-state index in [9.17, 15) is 0 Å². The molecule has 8 aromatic carbocycles. The molecule has 0 aromatic heterocycles. The molecule has 5 heterocycles. The van der Waals surface area contributed by atoms with E-state index in [-0.39, 0.29) is 51.3 Å². The molecule has 8 aromatic rings. The molecule has 0 radical (unpaired) electrons. The Balaban J connectivity index is 0.905. The average Bonchev–Trinajstić information content (AvgIpc) is 0.714. The third kappa shape index (κ3) is 17.6. The van der Waals surface area contributed by atoms with Crippen molar-refractivity contribution in [2.75, 3.05) is 54.0 Å². The second-order valence-electron chi connectivity index (χ2n) is 34.1. The lowest BCUT2D eigenvalue weighted by Gasteiger charge is -2.62. The summed E-state index contributed by atoms with van der Waals surface area (Å²) in [5.74, 6) is -5.17. The van der Waals surface area contributed by atoms with Gasteiger partial charge in [0.05, 0.1) is 46.2 Å². The summed E-state index contributed by atoms with van der Waals surface area (Å²) >= 11 is 1.60. The molecule has 0 amide bonds. The van der Waals surface area contributed by atoms with E-state index in [1.807, 2.05) is 133 Å². The fourth-order valence-electron chi connectivity index (χ4n) is 19.3. The molecule has 632 valence electrons. The molecule has 22 heteroatoms. The van der Waals surface area contributed by atoms with Crippen LogP contribution < -0.4 is 20.7 Å². The van der Waals surface area contributed by atoms with Crippen molar-refractivity contribution in [1.82, 2.24) is 0 Å². The lowest BCUT2D eigenvalue weighted by Crippen LogP contribution is -2.78. The first-order valence-electron chi connectivity index (χ1n) is 42.3. The Hall–Kier alpha value is -6.22. The summed E-state index contributed by atoms with van der Waals surface area (Å²) in [4.78, 5) is 0. The third-order valence-electron chi connectivity index (χ3n) is 25.0. The van der Waals surface area contributed by atoms with E-state index in [4.69, 9.17) is 89.4 Å². The van der Waals surface area contributed by atoms with Gasteiger partial charge in [0.1, 0.15) is 78.7 Å². The summed E-state index contributed by atoms with van der Waals surface area (Å²) in [5, 5.41) is 3.56. The zero-order valence-corrected chi connectivity index (χ0v) is 73.0. The standard InChI is InChI=1S/C96H120O19SSi2/c1-12-116-90-87(84-81(113-94(98-9)58-38-40-60-96(94,100-11)115-84)78(109-90)67-106-118(92(5,6)7,74-53-33-19-34-54-74)75-55-35-20-36-56-75)111-89-86(83-80(112-93(97-8)57-37-39-59-95(93,99-10)114-83)77(108-89)66-105-117(91(2,3)4,72-49-29-17-30-50-72)73-51-31-18-32-52-73)110-88-85(104-64-71-47-27-16-28-48-71)82(103-63-70-45-25-15-26-46-70)79(102-62-69-43-23-14-24-44-69)76(107-88)65-101-61-68-41-21-13-22-42-68/h13-36,41-56,76-90H,12,37-40,57-67H2,1-11H3/t76-,77-,78-,79-,80-,81-,82+,83+,84+,85+,86+,87+,88-,89-,90-,93+,94+,95+,96+/m1/s1. The molecule has 0 unspecified atom stereocenters. The summed E-state index contributed by atoms with van der Waals surface area (Å²) in [7, 11) is 0.0370. The topological polar surface area (TPSA) is 175 Å². The van der Waals surface area contributed by atoms with E-state index in [0.29, 0.717) is 31.4 Å². The number of ether oxygens (including phenoxy) is 17. The number of fused-ring (bicyclic) bond motifs is 4. The van der Waals surface area contributed by atoms with E-state index in [1.54, 1.807) is 40.2 Å². The molecule has 19 nitrogen and oxygen atoms in total. The highest BCUT2D eigenvalue weighted by Crippen LogP contribution is 2.56. The van der Waals surface area contributed by atoms with Crippen LogP contribution in [0.5, 0.6) is 0 Å². The molecule has 2 aliphatic carbocycles. The molecule has 0 spiro atoms. The van der Waals surface area contributed by atoms with E-state index < -0.39 is 136 Å². The zero-order valence-electron chi connectivity index (χ0n) is 70.2. The third-order valence-corrected chi connectivity index (χ3v) is 36.1. The Morgan fingerprint density at radius 1 is 0.339 bits per heavy atom. The van der Waals surface area contributed by atoms with Crippen LogP contribution in [0.15, 0.2) is 243 Å². The molecule has 15 rings (SSSR count). The van der Waals surface area contributed by atoms with Crippen LogP contribution in [0, 0.1) is 0 Å². The fourth-order valence-corrected chi connectivity index (χ4v) is 29.4. The van der Waals surface area contributed by atoms with Crippen LogP contribution in [0.1, 0.15) is 122 Å². The van der Waals surface area contributed by atoms with Gasteiger partial charge in [0.2, 0.25) is 23.1 Å². The van der Waals surface area contributed by atoms with Crippen molar-refractivity contribution >= 4 is 49.1 Å². The van der Waals surface area contributed by atoms with Crippen LogP contribution >= 0.6 is 11.8 Å². The fraction of sp³-hybridized carbons (Fsp3) is 0.500. The van der Waals surface area contributed by atoms with Crippen molar-refractivity contribution in [3.63, 3.8) is 0 Å². The second-order valence-corrected chi connectivity index (χ2v) is 44.1. The Labute approximate surface area is 704 Å². The normalized spacial score (nSPS) is 31.3. The first-order valence-corrected chi connectivity index (χ1v) is 47.1. The van der Waals surface area contributed by atoms with Crippen molar-refractivity contribution in [3.8, 4) is 0 Å². The summed E-state index contributed by atoms with van der Waals surface area (Å²) in [6.45, 7) is 16.7. The van der Waals surface area contributed by atoms with Gasteiger partial charge < -0.3 is 89.4 Å². The van der Waals surface area contributed by atoms with Crippen molar-refractivity contribution in [1.29, 1.82) is 0 Å². The van der Waals surface area contributed by atoms with Gasteiger partial charge in [-0.2, -0.15) is 0 Å². The van der Waals surface area contributed by atoms with E-state index in [1.165, 1.54) is 0 Å². The molecule has 118 heavy (non-hydrogen) atoms. The molecule has 5 aliphatic heterocycles. The van der Waals surface area contributed by atoms with Crippen molar-refractivity contribution in [2.45, 2.75) is 251 Å². The summed E-state index contributed by atoms with van der Waals surface area (Å²) < 4.78 is 144. The lowest BCUT2D eigenvalue weighted by molar-refractivity contribution is -0.509. The maximum atomic E-state index is 8.24. The maximum Gasteiger partial charge on any atom is 0.261 e. The summed E-state index contributed by atoms with van der Waals surface area (Å²) in [6, 6.07) is 82.9. The Kier molecular flexibility index (Phi) is 28.1. The second kappa shape index (κ2) is 38.3. The monoisotopic (exact) mass is 1660 g/mol. The molecule has 7 aliphatic rings. The van der Waals surface area contributed by atoms with E-state index in [2.05, 4.69) is 158 Å². The predicted molar refractivity (Wildman–Crippen MR) is 458 cm³/mol. The molecule has 7 fully saturated rings. The van der Waals surface area contributed by atoms with Crippen molar-refractivity contribution in [2.24, 2.45) is 0 Å². The zero-order chi connectivity index (χ0) is 82.0. The van der Waals surface area contributed by atoms with E-state index >= 15 is 0 Å². The van der Waals surface area contributed by atoms with Gasteiger partial charge in [-0.05, 0) is 84.5 Å². The highest BCUT2D eigenvalue weighted by Gasteiger charge is 2.71. The van der Waals surface area contributed by atoms with Gasteiger partial charge in [-0.3, -0.25) is 0 Å². The number of hydrogen-bond donors (Lipinski definition) is 0. The smallest absolute Gasteiger partial charge is 0.261 e. The summed E-state index contributed by atoms with van der Waals surface area (Å²) in [5.41, 5.74) is 2.98. The van der Waals surface area contributed by atoms with Gasteiger partial charge in [0.25, 0.3) is 16.6 Å². The van der Waals surface area contributed by atoms with Gasteiger partial charge >= 0.3 is 0 Å². The number of rotatable bonds is 33. The molecule has 2 saturated carbocycles. The Bertz CT molecular complexity index is 4300. The lowest BCUT2D eigenvalue weighted by atomic mass is 9.83. The minimum Gasteiger partial charge on any atom is -0.405 e. The van der Waals surface area contributed by atoms with Crippen molar-refractivity contribution in [3.05, 3.63) is 265 Å². The van der Waals surface area contributed by atoms with Crippen LogP contribution in [0.25, 0.3) is 0 Å². The van der Waals surface area contributed by atoms with Gasteiger partial charge in [-0.25, -0.2) is 0 Å². The Morgan fingerprint density at radius 2 is 0.644 bits per heavy atom. The van der Waals surface area contributed by atoms with Gasteiger partial charge in [0.15, 0.2) is 12.6 Å². The largest absolute Gasteiger partial charge is 0.405 e. The molecular weight excluding hydrogens is 1550 g/mol. The number of hydrogen-bond acceptors (Lipinski definition) is 20. The van der Waals surface area contributed by atoms with Gasteiger partial charge in [-0.15, -0.1) is 11.8 Å². The first kappa shape index (κ1) is 86.7. The number of methoxy groups -OCH3 is 4. The van der Waals surface area contributed by atoms with Gasteiger partial charge in [-0.1, -0.05) is 291 Å². The number of thioether (sulfide) groups is 1. The molecule has 5 saturated heterocycles. The minimum absolute atomic E-state index is 0.0195. The van der Waals surface area contributed by atoms with Gasteiger partial charge in [0, 0.05) is 54.1 Å². The van der Waals surface area contributed by atoms with Crippen LogP contribution in [0.3, 0.4) is 0 Å². The van der Waals surface area contributed by atoms with Crippen LogP contribution in [0.2, 0.25) is 10.1 Å². The molecule has 19 atom stereocenters. The molecule has 0 bridgehead atoms. The SMILES string of the molecule is CCS[C@H]1O[C@H](CO[Si](c2ccccc2)(c2ccccc2)C(C)(C)C)[C@H]2O[C@@]3(OC)CCCC[C@]3(OC)O[C@@H]2[C@@H]1O[C@H]1O[C@H](CO[Si](c2ccccc2)(c2ccccc2)C(C)(C)C)[C@H]2O[C@@]3(OC)CCCC[C@]3(OC)O[C@@H]2[C@@H]1O[C@H]1O[C@H](COCc2ccccc2)[C@@H](OCc2ccccc2)[C@H](OCc2ccccc2)[C@@H]1OCc1ccccc1. The number of benzene rings is 8. The van der Waals surface area contributed by atoms with Crippen LogP contribution in [-0.4, -0.2) is 185 Å². The summed E-state index contributed by atoms with van der Waals surface area (Å²) in [6.07, 6.45) is -9.78. The van der Waals surface area contributed by atoms with Crippen LogP contribution in [0.4, 0.5) is 0 Å². The Morgan fingerprint density at radius 3 is 1.01 bits per heavy atom. The highest BCUT2D eigenvalue weighted by atomic mass is 32.2. The maximum absolute atomic E-state index is 8.24. The molecular formula is C96H120O19SSi2. The van der Waals surface area contributed by atoms with Crippen molar-refractivity contribution < 1.29 is 89.4 Å². The predicted octanol–water partition coefficient (Wildman–Crippen LogP) is 14.9.